The van der Waals surface area contributed by atoms with E-state index in [-0.39, 0.29) is 18.0 Å². The normalized spacial score (nSPS) is 11.1. The monoisotopic (exact) mass is 423 g/mol. The van der Waals surface area contributed by atoms with E-state index >= 15 is 0 Å². The highest BCUT2D eigenvalue weighted by atomic mass is 19.1. The summed E-state index contributed by atoms with van der Waals surface area (Å²) in [5, 5.41) is 5.09. The number of H-pyrrole nitrogens is 1. The van der Waals surface area contributed by atoms with Gasteiger partial charge in [-0.15, -0.1) is 0 Å². The van der Waals surface area contributed by atoms with Crippen molar-refractivity contribution >= 4 is 23.4 Å². The molecule has 0 saturated heterocycles. The number of hydrogen-bond acceptors (Lipinski definition) is 3. The molecule has 0 radical (unpaired) electrons. The zero-order valence-electron chi connectivity index (χ0n) is 17.8. The molecule has 3 rings (SSSR count). The average Bonchev–Trinajstić information content (AvgIpc) is 3.17. The maximum absolute atomic E-state index is 14.0. The van der Waals surface area contributed by atoms with E-state index in [1.54, 1.807) is 20.8 Å². The number of halogens is 1. The van der Waals surface area contributed by atoms with E-state index in [0.29, 0.717) is 12.1 Å². The molecule has 0 aliphatic carbocycles. The molecular formula is C24H26FN3O3. The number of hydrogen-bond donors (Lipinski definition) is 3. The Morgan fingerprint density at radius 2 is 1.74 bits per heavy atom. The Balaban J connectivity index is 1.56. The molecule has 6 nitrogen and oxygen atoms in total. The summed E-state index contributed by atoms with van der Waals surface area (Å²) < 4.78 is 19.2. The van der Waals surface area contributed by atoms with Gasteiger partial charge in [-0.1, -0.05) is 30.3 Å². The van der Waals surface area contributed by atoms with Crippen molar-refractivity contribution < 1.29 is 18.7 Å². The Hall–Kier alpha value is -3.61. The van der Waals surface area contributed by atoms with Crippen LogP contribution in [0.1, 0.15) is 32.9 Å². The van der Waals surface area contributed by atoms with Gasteiger partial charge in [-0.05, 0) is 63.1 Å². The Morgan fingerprint density at radius 1 is 1.00 bits per heavy atom. The molecule has 0 unspecified atom stereocenters. The van der Waals surface area contributed by atoms with Gasteiger partial charge in [0.1, 0.15) is 11.4 Å². The van der Waals surface area contributed by atoms with Gasteiger partial charge in [0.2, 0.25) is 5.91 Å². The number of benzene rings is 2. The Bertz CT molecular complexity index is 1060. The Kier molecular flexibility index (Phi) is 6.74. The maximum Gasteiger partial charge on any atom is 0.412 e. The van der Waals surface area contributed by atoms with Crippen molar-refractivity contribution in [2.45, 2.75) is 39.2 Å². The van der Waals surface area contributed by atoms with Gasteiger partial charge < -0.3 is 15.0 Å². The number of ether oxygens (including phenoxy) is 1. The number of nitrogens with one attached hydrogen (secondary N) is 3. The quantitative estimate of drug-likeness (QED) is 0.473. The molecule has 0 atom stereocenters. The van der Waals surface area contributed by atoms with Crippen LogP contribution >= 0.6 is 0 Å². The number of amides is 2. The zero-order valence-corrected chi connectivity index (χ0v) is 17.8. The van der Waals surface area contributed by atoms with Gasteiger partial charge in [0.15, 0.2) is 0 Å². The molecule has 7 heteroatoms. The molecule has 0 saturated carbocycles. The summed E-state index contributed by atoms with van der Waals surface area (Å²) in [5.41, 5.74) is 2.63. The van der Waals surface area contributed by atoms with Crippen LogP contribution in [0.2, 0.25) is 0 Å². The van der Waals surface area contributed by atoms with Crippen LogP contribution in [0, 0.1) is 5.82 Å². The van der Waals surface area contributed by atoms with Crippen molar-refractivity contribution in [3.05, 3.63) is 72.2 Å². The van der Waals surface area contributed by atoms with Gasteiger partial charge in [0.25, 0.3) is 0 Å². The molecule has 0 aliphatic rings. The molecule has 3 aromatic rings. The van der Waals surface area contributed by atoms with E-state index in [1.807, 2.05) is 42.5 Å². The molecule has 0 spiro atoms. The SMILES string of the molecule is CC(C)(C)OC(=O)Nc1cc(NC(=O)CCc2ccc(-c3ccccc3)[nH]2)ccc1F. The molecule has 1 heterocycles. The summed E-state index contributed by atoms with van der Waals surface area (Å²) in [6, 6.07) is 17.8. The molecular weight excluding hydrogens is 397 g/mol. The molecule has 31 heavy (non-hydrogen) atoms. The van der Waals surface area contributed by atoms with Crippen LogP contribution in [0.3, 0.4) is 0 Å². The van der Waals surface area contributed by atoms with Gasteiger partial charge in [0, 0.05) is 23.5 Å². The third-order valence-corrected chi connectivity index (χ3v) is 4.34. The largest absolute Gasteiger partial charge is 0.444 e. The van der Waals surface area contributed by atoms with Crippen LogP contribution in [-0.2, 0) is 16.0 Å². The molecule has 162 valence electrons. The minimum absolute atomic E-state index is 0.0658. The lowest BCUT2D eigenvalue weighted by Gasteiger charge is -2.20. The van der Waals surface area contributed by atoms with Crippen molar-refractivity contribution in [2.75, 3.05) is 10.6 Å². The number of aryl methyl sites for hydroxylation is 1. The average molecular weight is 423 g/mol. The van der Waals surface area contributed by atoms with E-state index in [9.17, 15) is 14.0 Å². The van der Waals surface area contributed by atoms with Crippen molar-refractivity contribution in [2.24, 2.45) is 0 Å². The fraction of sp³-hybridized carbons (Fsp3) is 0.250. The second kappa shape index (κ2) is 9.47. The van der Waals surface area contributed by atoms with E-state index in [2.05, 4.69) is 15.6 Å². The van der Waals surface area contributed by atoms with Crippen molar-refractivity contribution in [3.8, 4) is 11.3 Å². The molecule has 2 aromatic carbocycles. The van der Waals surface area contributed by atoms with Crippen LogP contribution in [-0.4, -0.2) is 22.6 Å². The molecule has 0 fully saturated rings. The van der Waals surface area contributed by atoms with Crippen LogP contribution in [0.25, 0.3) is 11.3 Å². The first-order valence-electron chi connectivity index (χ1n) is 10.0. The number of rotatable bonds is 6. The summed E-state index contributed by atoms with van der Waals surface area (Å²) in [6.45, 7) is 5.14. The highest BCUT2D eigenvalue weighted by Crippen LogP contribution is 2.22. The minimum atomic E-state index is -0.768. The van der Waals surface area contributed by atoms with Gasteiger partial charge in [-0.3, -0.25) is 10.1 Å². The highest BCUT2D eigenvalue weighted by molar-refractivity contribution is 5.92. The second-order valence-electron chi connectivity index (χ2n) is 8.13. The first kappa shape index (κ1) is 22.1. The van der Waals surface area contributed by atoms with E-state index in [1.165, 1.54) is 18.2 Å². The number of carbonyl (C=O) groups is 2. The van der Waals surface area contributed by atoms with Gasteiger partial charge in [0.05, 0.1) is 5.69 Å². The van der Waals surface area contributed by atoms with Crippen LogP contribution < -0.4 is 10.6 Å². The van der Waals surface area contributed by atoms with Crippen molar-refractivity contribution in [1.82, 2.24) is 4.98 Å². The fourth-order valence-corrected chi connectivity index (χ4v) is 2.96. The van der Waals surface area contributed by atoms with E-state index in [0.717, 1.165) is 17.0 Å². The van der Waals surface area contributed by atoms with E-state index < -0.39 is 17.5 Å². The number of carbonyl (C=O) groups excluding carboxylic acids is 2. The predicted molar refractivity (Wildman–Crippen MR) is 119 cm³/mol. The summed E-state index contributed by atoms with van der Waals surface area (Å²) in [6.07, 6.45) is 0.0138. The van der Waals surface area contributed by atoms with Gasteiger partial charge in [-0.2, -0.15) is 0 Å². The lowest BCUT2D eigenvalue weighted by Crippen LogP contribution is -2.27. The predicted octanol–water partition coefficient (Wildman–Crippen LogP) is 5.74. The van der Waals surface area contributed by atoms with Crippen molar-refractivity contribution in [3.63, 3.8) is 0 Å². The lowest BCUT2D eigenvalue weighted by molar-refractivity contribution is -0.116. The Morgan fingerprint density at radius 3 is 2.45 bits per heavy atom. The number of aromatic nitrogens is 1. The molecule has 3 N–H and O–H groups in total. The topological polar surface area (TPSA) is 83.2 Å². The highest BCUT2D eigenvalue weighted by Gasteiger charge is 2.18. The van der Waals surface area contributed by atoms with Crippen LogP contribution in [0.4, 0.5) is 20.6 Å². The third-order valence-electron chi connectivity index (χ3n) is 4.34. The number of aromatic amines is 1. The molecule has 1 aromatic heterocycles. The Labute approximate surface area is 180 Å². The summed E-state index contributed by atoms with van der Waals surface area (Å²) in [5.74, 6) is -0.839. The molecule has 0 aliphatic heterocycles. The van der Waals surface area contributed by atoms with Crippen LogP contribution in [0.15, 0.2) is 60.7 Å². The zero-order chi connectivity index (χ0) is 22.4. The maximum atomic E-state index is 14.0. The molecule has 0 bridgehead atoms. The van der Waals surface area contributed by atoms with Crippen molar-refractivity contribution in [1.29, 1.82) is 0 Å². The second-order valence-corrected chi connectivity index (χ2v) is 8.13. The minimum Gasteiger partial charge on any atom is -0.444 e. The van der Waals surface area contributed by atoms with Gasteiger partial charge in [-0.25, -0.2) is 9.18 Å². The fourth-order valence-electron chi connectivity index (χ4n) is 2.96. The summed E-state index contributed by atoms with van der Waals surface area (Å²) >= 11 is 0. The van der Waals surface area contributed by atoms with E-state index in [4.69, 9.17) is 4.74 Å². The first-order valence-corrected chi connectivity index (χ1v) is 10.0. The summed E-state index contributed by atoms with van der Waals surface area (Å²) in [7, 11) is 0. The number of anilines is 2. The standard InChI is InChI=1S/C24H26FN3O3/c1-24(2,3)31-23(30)28-21-15-18(9-12-19(21)25)27-22(29)14-11-17-10-13-20(26-17)16-7-5-4-6-8-16/h4-10,12-13,15,26H,11,14H2,1-3H3,(H,27,29)(H,28,30). The van der Waals surface area contributed by atoms with Gasteiger partial charge >= 0.3 is 6.09 Å². The first-order chi connectivity index (χ1) is 14.7. The molecule has 2 amide bonds. The summed E-state index contributed by atoms with van der Waals surface area (Å²) in [4.78, 5) is 27.5. The smallest absolute Gasteiger partial charge is 0.412 e. The lowest BCUT2D eigenvalue weighted by atomic mass is 10.2. The third kappa shape index (κ3) is 6.70. The van der Waals surface area contributed by atoms with Crippen LogP contribution in [0.5, 0.6) is 0 Å².